The Morgan fingerprint density at radius 1 is 1.44 bits per heavy atom. The highest BCUT2D eigenvalue weighted by Gasteiger charge is 2.12. The largest absolute Gasteiger partial charge is 0.454 e. The summed E-state index contributed by atoms with van der Waals surface area (Å²) in [5.41, 5.74) is 0.523. The van der Waals surface area contributed by atoms with Gasteiger partial charge in [-0.2, -0.15) is 0 Å². The van der Waals surface area contributed by atoms with Crippen LogP contribution in [0.15, 0.2) is 42.5 Å². The second-order valence-corrected chi connectivity index (χ2v) is 3.35. The number of rotatable bonds is 5. The zero-order valence-electron chi connectivity index (χ0n) is 9.30. The van der Waals surface area contributed by atoms with Crippen molar-refractivity contribution in [2.45, 2.75) is 19.4 Å². The summed E-state index contributed by atoms with van der Waals surface area (Å²) in [6.07, 6.45) is 3.63. The topological polar surface area (TPSA) is 46.5 Å². The summed E-state index contributed by atoms with van der Waals surface area (Å²) in [6, 6.07) is 8.82. The monoisotopic (exact) mass is 220 g/mol. The van der Waals surface area contributed by atoms with Gasteiger partial charge in [-0.05, 0) is 25.1 Å². The van der Waals surface area contributed by atoms with Gasteiger partial charge in [0.2, 0.25) is 0 Å². The summed E-state index contributed by atoms with van der Waals surface area (Å²) in [7, 11) is 0. The SMILES string of the molecule is C/C=C/[C@H](CCO)OC(=O)c1ccccc1. The normalized spacial score (nSPS) is 12.6. The molecule has 0 fully saturated rings. The van der Waals surface area contributed by atoms with Gasteiger partial charge < -0.3 is 9.84 Å². The van der Waals surface area contributed by atoms with E-state index in [9.17, 15) is 4.79 Å². The van der Waals surface area contributed by atoms with Gasteiger partial charge >= 0.3 is 5.97 Å². The van der Waals surface area contributed by atoms with Crippen molar-refractivity contribution in [2.75, 3.05) is 6.61 Å². The van der Waals surface area contributed by atoms with Crippen LogP contribution in [0.3, 0.4) is 0 Å². The molecule has 1 rings (SSSR count). The van der Waals surface area contributed by atoms with E-state index >= 15 is 0 Å². The van der Waals surface area contributed by atoms with Crippen LogP contribution < -0.4 is 0 Å². The van der Waals surface area contributed by atoms with E-state index < -0.39 is 0 Å². The maximum Gasteiger partial charge on any atom is 0.338 e. The average Bonchev–Trinajstić information content (AvgIpc) is 2.31. The smallest absolute Gasteiger partial charge is 0.338 e. The van der Waals surface area contributed by atoms with Gasteiger partial charge in [0, 0.05) is 13.0 Å². The van der Waals surface area contributed by atoms with E-state index in [0.29, 0.717) is 12.0 Å². The van der Waals surface area contributed by atoms with Crippen LogP contribution in [0.2, 0.25) is 0 Å². The number of hydrogen-bond donors (Lipinski definition) is 1. The predicted molar refractivity (Wildman–Crippen MR) is 62.2 cm³/mol. The van der Waals surface area contributed by atoms with Crippen LogP contribution in [0.1, 0.15) is 23.7 Å². The molecule has 1 N–H and O–H groups in total. The molecule has 1 aromatic carbocycles. The van der Waals surface area contributed by atoms with E-state index in [1.165, 1.54) is 0 Å². The molecule has 0 saturated carbocycles. The maximum atomic E-state index is 11.7. The lowest BCUT2D eigenvalue weighted by molar-refractivity contribution is 0.0350. The number of benzene rings is 1. The Kier molecular flexibility index (Phi) is 5.29. The van der Waals surface area contributed by atoms with Gasteiger partial charge in [-0.1, -0.05) is 24.3 Å². The lowest BCUT2D eigenvalue weighted by atomic mass is 10.2. The number of allylic oxidation sites excluding steroid dienone is 1. The van der Waals surface area contributed by atoms with E-state index in [0.717, 1.165) is 0 Å². The summed E-state index contributed by atoms with van der Waals surface area (Å²) < 4.78 is 5.23. The first-order valence-electron chi connectivity index (χ1n) is 5.27. The first-order valence-corrected chi connectivity index (χ1v) is 5.27. The summed E-state index contributed by atoms with van der Waals surface area (Å²) in [5, 5.41) is 8.82. The van der Waals surface area contributed by atoms with Gasteiger partial charge in [0.25, 0.3) is 0 Å². The first-order chi connectivity index (χ1) is 7.77. The molecule has 86 valence electrons. The average molecular weight is 220 g/mol. The number of esters is 1. The Morgan fingerprint density at radius 2 is 2.12 bits per heavy atom. The highest BCUT2D eigenvalue weighted by molar-refractivity contribution is 5.89. The van der Waals surface area contributed by atoms with Gasteiger partial charge in [0.05, 0.1) is 5.56 Å². The van der Waals surface area contributed by atoms with Gasteiger partial charge in [-0.25, -0.2) is 4.79 Å². The number of hydrogen-bond acceptors (Lipinski definition) is 3. The van der Waals surface area contributed by atoms with Gasteiger partial charge in [-0.3, -0.25) is 0 Å². The van der Waals surface area contributed by atoms with Crippen LogP contribution in [0.25, 0.3) is 0 Å². The fourth-order valence-corrected chi connectivity index (χ4v) is 1.32. The Bertz CT molecular complexity index is 343. The van der Waals surface area contributed by atoms with E-state index in [2.05, 4.69) is 0 Å². The molecule has 0 saturated heterocycles. The molecule has 1 atom stereocenters. The number of ether oxygens (including phenoxy) is 1. The van der Waals surface area contributed by atoms with Crippen LogP contribution >= 0.6 is 0 Å². The van der Waals surface area contributed by atoms with Crippen molar-refractivity contribution in [3.8, 4) is 0 Å². The number of carbonyl (C=O) groups excluding carboxylic acids is 1. The van der Waals surface area contributed by atoms with Crippen molar-refractivity contribution in [1.29, 1.82) is 0 Å². The number of carbonyl (C=O) groups is 1. The Balaban J connectivity index is 2.61. The number of aliphatic hydroxyl groups is 1. The molecule has 0 aliphatic rings. The first kappa shape index (κ1) is 12.5. The fraction of sp³-hybridized carbons (Fsp3) is 0.308. The molecule has 0 bridgehead atoms. The summed E-state index contributed by atoms with van der Waals surface area (Å²) in [6.45, 7) is 1.85. The van der Waals surface area contributed by atoms with Crippen LogP contribution in [0, 0.1) is 0 Å². The minimum Gasteiger partial charge on any atom is -0.454 e. The number of aliphatic hydroxyl groups excluding tert-OH is 1. The van der Waals surface area contributed by atoms with Gasteiger partial charge in [0.15, 0.2) is 0 Å². The fourth-order valence-electron chi connectivity index (χ4n) is 1.32. The van der Waals surface area contributed by atoms with Crippen molar-refractivity contribution < 1.29 is 14.6 Å². The third-order valence-electron chi connectivity index (χ3n) is 2.09. The highest BCUT2D eigenvalue weighted by atomic mass is 16.5. The molecule has 0 aliphatic heterocycles. The van der Waals surface area contributed by atoms with Gasteiger partial charge in [0.1, 0.15) is 6.10 Å². The summed E-state index contributed by atoms with van der Waals surface area (Å²) >= 11 is 0. The van der Waals surface area contributed by atoms with Crippen molar-refractivity contribution in [2.24, 2.45) is 0 Å². The minimum absolute atomic E-state index is 0.00290. The zero-order chi connectivity index (χ0) is 11.8. The lowest BCUT2D eigenvalue weighted by Crippen LogP contribution is -2.17. The third-order valence-corrected chi connectivity index (χ3v) is 2.09. The van der Waals surface area contributed by atoms with Crippen LogP contribution in [0.4, 0.5) is 0 Å². The second-order valence-electron chi connectivity index (χ2n) is 3.35. The van der Waals surface area contributed by atoms with Crippen molar-refractivity contribution in [1.82, 2.24) is 0 Å². The Labute approximate surface area is 95.4 Å². The Morgan fingerprint density at radius 3 is 2.69 bits per heavy atom. The molecule has 0 spiro atoms. The molecule has 1 aromatic rings. The molecule has 0 aliphatic carbocycles. The lowest BCUT2D eigenvalue weighted by Gasteiger charge is -2.12. The highest BCUT2D eigenvalue weighted by Crippen LogP contribution is 2.07. The third kappa shape index (κ3) is 3.87. The van der Waals surface area contributed by atoms with E-state index in [-0.39, 0.29) is 18.7 Å². The standard InChI is InChI=1S/C13H16O3/c1-2-6-12(9-10-14)16-13(15)11-7-4-3-5-8-11/h2-8,12,14H,9-10H2,1H3/b6-2+/t12-/m1/s1. The van der Waals surface area contributed by atoms with Crippen LogP contribution in [0.5, 0.6) is 0 Å². The van der Waals surface area contributed by atoms with Crippen molar-refractivity contribution >= 4 is 5.97 Å². The second kappa shape index (κ2) is 6.80. The maximum absolute atomic E-state index is 11.7. The summed E-state index contributed by atoms with van der Waals surface area (Å²) in [5.74, 6) is -0.364. The van der Waals surface area contributed by atoms with E-state index in [1.54, 1.807) is 36.4 Å². The van der Waals surface area contributed by atoms with Crippen LogP contribution in [-0.2, 0) is 4.74 Å². The molecule has 3 heteroatoms. The van der Waals surface area contributed by atoms with Crippen molar-refractivity contribution in [3.63, 3.8) is 0 Å². The van der Waals surface area contributed by atoms with Gasteiger partial charge in [-0.15, -0.1) is 0 Å². The summed E-state index contributed by atoms with van der Waals surface area (Å²) in [4.78, 5) is 11.7. The minimum atomic E-state index is -0.364. The molecule has 16 heavy (non-hydrogen) atoms. The molecule has 0 unspecified atom stereocenters. The Hall–Kier alpha value is -1.61. The molecule has 0 aromatic heterocycles. The van der Waals surface area contributed by atoms with E-state index in [1.807, 2.05) is 13.0 Å². The molecule has 0 heterocycles. The quantitative estimate of drug-likeness (QED) is 0.611. The van der Waals surface area contributed by atoms with E-state index in [4.69, 9.17) is 9.84 Å². The molecular formula is C13H16O3. The zero-order valence-corrected chi connectivity index (χ0v) is 9.30. The van der Waals surface area contributed by atoms with Crippen molar-refractivity contribution in [3.05, 3.63) is 48.0 Å². The molecule has 0 amide bonds. The molecular weight excluding hydrogens is 204 g/mol. The predicted octanol–water partition coefficient (Wildman–Crippen LogP) is 2.17. The molecule has 0 radical (unpaired) electrons. The molecule has 3 nitrogen and oxygen atoms in total. The van der Waals surface area contributed by atoms with Crippen LogP contribution in [-0.4, -0.2) is 23.8 Å².